The van der Waals surface area contributed by atoms with Crippen molar-refractivity contribution in [1.29, 1.82) is 0 Å². The molecule has 150 valence electrons. The van der Waals surface area contributed by atoms with Crippen LogP contribution in [0, 0.1) is 0 Å². The summed E-state index contributed by atoms with van der Waals surface area (Å²) >= 11 is 12.4. The van der Waals surface area contributed by atoms with Gasteiger partial charge >= 0.3 is 0 Å². The van der Waals surface area contributed by atoms with Crippen molar-refractivity contribution in [3.05, 3.63) is 58.1 Å². The number of hydrogen-bond acceptors (Lipinski definition) is 2. The van der Waals surface area contributed by atoms with Crippen molar-refractivity contribution in [3.63, 3.8) is 0 Å². The van der Waals surface area contributed by atoms with Gasteiger partial charge in [-0.15, -0.1) is 0 Å². The van der Waals surface area contributed by atoms with Crippen LogP contribution in [-0.4, -0.2) is 29.6 Å². The Morgan fingerprint density at radius 2 is 1.46 bits per heavy atom. The lowest BCUT2D eigenvalue weighted by Gasteiger charge is -2.25. The second-order valence-corrected chi connectivity index (χ2v) is 8.37. The predicted molar refractivity (Wildman–Crippen MR) is 123 cm³/mol. The van der Waals surface area contributed by atoms with Crippen LogP contribution in [0.3, 0.4) is 0 Å². The molecule has 0 aliphatic carbocycles. The van der Waals surface area contributed by atoms with Gasteiger partial charge in [-0.3, -0.25) is 0 Å². The Morgan fingerprint density at radius 1 is 0.857 bits per heavy atom. The predicted octanol–water partition coefficient (Wildman–Crippen LogP) is 7.24. The van der Waals surface area contributed by atoms with E-state index >= 15 is 0 Å². The van der Waals surface area contributed by atoms with Gasteiger partial charge in [0.15, 0.2) is 0 Å². The van der Waals surface area contributed by atoms with E-state index in [1.807, 2.05) is 24.3 Å². The smallest absolute Gasteiger partial charge is 0.0922 e. The van der Waals surface area contributed by atoms with Crippen LogP contribution < -0.4 is 0 Å². The number of aliphatic hydroxyl groups excluding tert-OH is 1. The fraction of sp³-hybridized carbons (Fsp3) is 0.417. The van der Waals surface area contributed by atoms with Crippen molar-refractivity contribution < 1.29 is 5.11 Å². The van der Waals surface area contributed by atoms with E-state index in [2.05, 4.69) is 36.9 Å². The van der Waals surface area contributed by atoms with E-state index in [1.165, 1.54) is 12.8 Å². The molecular weight excluding hydrogens is 389 g/mol. The normalized spacial score (nSPS) is 12.9. The van der Waals surface area contributed by atoms with Crippen LogP contribution in [0.5, 0.6) is 0 Å². The summed E-state index contributed by atoms with van der Waals surface area (Å²) in [5.41, 5.74) is 0.975. The molecule has 1 unspecified atom stereocenters. The minimum absolute atomic E-state index is 0.516. The van der Waals surface area contributed by atoms with E-state index in [0.29, 0.717) is 16.6 Å². The molecule has 3 aromatic carbocycles. The summed E-state index contributed by atoms with van der Waals surface area (Å²) in [5.74, 6) is 0. The Hall–Kier alpha value is -1.32. The maximum atomic E-state index is 11.1. The molecule has 0 spiro atoms. The molecule has 0 aliphatic rings. The maximum absolute atomic E-state index is 11.1. The fourth-order valence-electron chi connectivity index (χ4n) is 3.74. The number of unbranched alkanes of at least 4 members (excludes halogenated alkanes) is 2. The zero-order chi connectivity index (χ0) is 20.1. The van der Waals surface area contributed by atoms with Crippen molar-refractivity contribution >= 4 is 44.7 Å². The first-order chi connectivity index (χ1) is 13.5. The van der Waals surface area contributed by atoms with Crippen LogP contribution in [0.2, 0.25) is 10.0 Å². The van der Waals surface area contributed by atoms with Crippen LogP contribution in [0.1, 0.15) is 51.2 Å². The van der Waals surface area contributed by atoms with Gasteiger partial charge in [0.2, 0.25) is 0 Å². The average molecular weight is 418 g/mol. The summed E-state index contributed by atoms with van der Waals surface area (Å²) in [7, 11) is 0. The first-order valence-electron chi connectivity index (χ1n) is 10.2. The fourth-order valence-corrected chi connectivity index (χ4v) is 4.08. The summed E-state index contributed by atoms with van der Waals surface area (Å²) in [4.78, 5) is 2.40. The lowest BCUT2D eigenvalue weighted by atomic mass is 9.96. The molecule has 2 nitrogen and oxygen atoms in total. The first kappa shape index (κ1) is 21.4. The van der Waals surface area contributed by atoms with Crippen LogP contribution in [0.4, 0.5) is 0 Å². The van der Waals surface area contributed by atoms with Crippen molar-refractivity contribution in [1.82, 2.24) is 4.90 Å². The van der Waals surface area contributed by atoms with E-state index < -0.39 is 6.10 Å². The summed E-state index contributed by atoms with van der Waals surface area (Å²) < 4.78 is 0. The summed E-state index contributed by atoms with van der Waals surface area (Å²) in [6.45, 7) is 7.16. The third-order valence-corrected chi connectivity index (χ3v) is 6.08. The third-order valence-electron chi connectivity index (χ3n) is 5.36. The number of aliphatic hydroxyl groups is 1. The highest BCUT2D eigenvalue weighted by Crippen LogP contribution is 2.33. The standard InChI is InChI=1S/C24H29Cl2NO/c1-3-5-10-27(11-6-4-2)16-24(28)20-9-7-8-17-12-18-14-22(25)23(26)15-19(18)13-21(17)20/h7-9,12-15,24,28H,3-6,10-11,16H2,1-2H3. The molecule has 28 heavy (non-hydrogen) atoms. The number of benzene rings is 3. The molecule has 0 bridgehead atoms. The Bertz CT molecular complexity index is 933. The highest BCUT2D eigenvalue weighted by molar-refractivity contribution is 6.42. The van der Waals surface area contributed by atoms with Gasteiger partial charge in [-0.25, -0.2) is 0 Å². The number of rotatable bonds is 9. The first-order valence-corrected chi connectivity index (χ1v) is 11.0. The molecule has 4 heteroatoms. The molecule has 0 saturated heterocycles. The molecule has 3 aromatic rings. The van der Waals surface area contributed by atoms with Crippen LogP contribution >= 0.6 is 23.2 Å². The average Bonchev–Trinajstić information content (AvgIpc) is 2.69. The van der Waals surface area contributed by atoms with Gasteiger partial charge in [0.05, 0.1) is 16.1 Å². The van der Waals surface area contributed by atoms with Gasteiger partial charge in [-0.1, -0.05) is 68.1 Å². The molecular formula is C24H29Cl2NO. The molecule has 0 amide bonds. The zero-order valence-electron chi connectivity index (χ0n) is 16.7. The molecule has 0 aliphatic heterocycles. The number of hydrogen-bond donors (Lipinski definition) is 1. The number of halogens is 2. The largest absolute Gasteiger partial charge is 0.387 e. The third kappa shape index (κ3) is 4.99. The maximum Gasteiger partial charge on any atom is 0.0922 e. The monoisotopic (exact) mass is 417 g/mol. The summed E-state index contributed by atoms with van der Waals surface area (Å²) in [6, 6.07) is 14.2. The van der Waals surface area contributed by atoms with Crippen molar-refractivity contribution in [2.24, 2.45) is 0 Å². The highest BCUT2D eigenvalue weighted by Gasteiger charge is 2.16. The molecule has 0 heterocycles. The van der Waals surface area contributed by atoms with E-state index in [4.69, 9.17) is 23.2 Å². The van der Waals surface area contributed by atoms with E-state index in [1.54, 1.807) is 0 Å². The minimum atomic E-state index is -0.516. The van der Waals surface area contributed by atoms with Gasteiger partial charge in [0.1, 0.15) is 0 Å². The Labute approximate surface area is 178 Å². The van der Waals surface area contributed by atoms with Crippen molar-refractivity contribution in [2.75, 3.05) is 19.6 Å². The second kappa shape index (κ2) is 9.93. The topological polar surface area (TPSA) is 23.5 Å². The van der Waals surface area contributed by atoms with Gasteiger partial charge in [0.25, 0.3) is 0 Å². The molecule has 0 aromatic heterocycles. The van der Waals surface area contributed by atoms with Crippen molar-refractivity contribution in [3.8, 4) is 0 Å². The van der Waals surface area contributed by atoms with E-state index in [-0.39, 0.29) is 0 Å². The van der Waals surface area contributed by atoms with E-state index in [9.17, 15) is 5.11 Å². The molecule has 3 rings (SSSR count). The lowest BCUT2D eigenvalue weighted by Crippen LogP contribution is -2.30. The molecule has 0 radical (unpaired) electrons. The number of nitrogens with zero attached hydrogens (tertiary/aromatic N) is 1. The quantitative estimate of drug-likeness (QED) is 0.370. The molecule has 0 fully saturated rings. The SMILES string of the molecule is CCCCN(CCCC)CC(O)c1cccc2cc3cc(Cl)c(Cl)cc3cc12. The van der Waals surface area contributed by atoms with Gasteiger partial charge < -0.3 is 10.0 Å². The number of fused-ring (bicyclic) bond motifs is 2. The van der Waals surface area contributed by atoms with E-state index in [0.717, 1.165) is 53.0 Å². The molecule has 1 N–H and O–H groups in total. The molecule has 1 atom stereocenters. The zero-order valence-corrected chi connectivity index (χ0v) is 18.2. The minimum Gasteiger partial charge on any atom is -0.387 e. The highest BCUT2D eigenvalue weighted by atomic mass is 35.5. The Morgan fingerprint density at radius 3 is 2.07 bits per heavy atom. The Kier molecular flexibility index (Phi) is 7.59. The van der Waals surface area contributed by atoms with Crippen LogP contribution in [0.25, 0.3) is 21.5 Å². The van der Waals surface area contributed by atoms with Crippen molar-refractivity contribution in [2.45, 2.75) is 45.6 Å². The van der Waals surface area contributed by atoms with Gasteiger partial charge in [0, 0.05) is 6.54 Å². The lowest BCUT2D eigenvalue weighted by molar-refractivity contribution is 0.112. The van der Waals surface area contributed by atoms with Gasteiger partial charge in [-0.2, -0.15) is 0 Å². The van der Waals surface area contributed by atoms with Crippen LogP contribution in [0.15, 0.2) is 42.5 Å². The van der Waals surface area contributed by atoms with Gasteiger partial charge in [-0.05, 0) is 77.3 Å². The Balaban J connectivity index is 1.94. The molecule has 0 saturated carbocycles. The summed E-state index contributed by atoms with van der Waals surface area (Å²) in [5, 5.41) is 16.5. The van der Waals surface area contributed by atoms with Crippen LogP contribution in [-0.2, 0) is 0 Å². The second-order valence-electron chi connectivity index (χ2n) is 7.56. The summed E-state index contributed by atoms with van der Waals surface area (Å²) in [6.07, 6.45) is 4.15.